The van der Waals surface area contributed by atoms with Gasteiger partial charge in [0.05, 0.1) is 0 Å². The fourth-order valence-electron chi connectivity index (χ4n) is 4.65. The Morgan fingerprint density at radius 2 is 1.57 bits per heavy atom. The van der Waals surface area contributed by atoms with E-state index in [2.05, 4.69) is 34.9 Å². The summed E-state index contributed by atoms with van der Waals surface area (Å²) in [5.74, 6) is -1.30. The van der Waals surface area contributed by atoms with Crippen molar-refractivity contribution in [3.63, 3.8) is 0 Å². The Kier molecular flexibility index (Phi) is 9.29. The van der Waals surface area contributed by atoms with Crippen molar-refractivity contribution in [3.8, 4) is 11.1 Å². The van der Waals surface area contributed by atoms with E-state index in [9.17, 15) is 19.5 Å². The molecular weight excluding hydrogens is 444 g/mol. The Morgan fingerprint density at radius 1 is 0.971 bits per heavy atom. The number of carboxylic acids is 1. The van der Waals surface area contributed by atoms with E-state index >= 15 is 0 Å². The number of fused-ring (bicyclic) bond motifs is 3. The smallest absolute Gasteiger partial charge is 0.407 e. The molecule has 0 radical (unpaired) electrons. The number of aliphatic carboxylic acids is 1. The highest BCUT2D eigenvalue weighted by molar-refractivity contribution is 5.84. The van der Waals surface area contributed by atoms with Crippen LogP contribution in [0, 0.1) is 5.92 Å². The summed E-state index contributed by atoms with van der Waals surface area (Å²) < 4.78 is 5.61. The molecular formula is C28H36N2O5. The predicted octanol–water partition coefficient (Wildman–Crippen LogP) is 5.09. The number of hydrogen-bond donors (Lipinski definition) is 3. The Bertz CT molecular complexity index is 992. The molecule has 0 fully saturated rings. The largest absolute Gasteiger partial charge is 0.480 e. The van der Waals surface area contributed by atoms with Crippen molar-refractivity contribution in [3.05, 3.63) is 59.7 Å². The summed E-state index contributed by atoms with van der Waals surface area (Å²) in [6, 6.07) is 14.9. The molecule has 188 valence electrons. The maximum absolute atomic E-state index is 12.6. The van der Waals surface area contributed by atoms with Gasteiger partial charge in [0.2, 0.25) is 5.91 Å². The molecule has 1 aliphatic carbocycles. The van der Waals surface area contributed by atoms with E-state index < -0.39 is 30.1 Å². The second-order valence-electron chi connectivity index (χ2n) is 9.37. The minimum Gasteiger partial charge on any atom is -0.480 e. The quantitative estimate of drug-likeness (QED) is 0.392. The second-order valence-corrected chi connectivity index (χ2v) is 9.37. The molecule has 0 bridgehead atoms. The molecule has 0 aliphatic heterocycles. The van der Waals surface area contributed by atoms with E-state index in [0.29, 0.717) is 12.8 Å². The monoisotopic (exact) mass is 480 g/mol. The second kappa shape index (κ2) is 12.4. The van der Waals surface area contributed by atoms with Crippen LogP contribution in [-0.4, -0.2) is 41.8 Å². The SMILES string of the molecule is CCC[C@@H](CC(=O)NC(CC(C)CC)C(=O)O)NC(=O)OCC1c2ccccc2-c2ccccc21. The van der Waals surface area contributed by atoms with Gasteiger partial charge in [0.25, 0.3) is 0 Å². The van der Waals surface area contributed by atoms with E-state index in [-0.39, 0.29) is 24.9 Å². The minimum absolute atomic E-state index is 0.00230. The fraction of sp³-hybridized carbons (Fsp3) is 0.464. The molecule has 3 atom stereocenters. The van der Waals surface area contributed by atoms with Crippen LogP contribution >= 0.6 is 0 Å². The molecule has 0 aromatic heterocycles. The summed E-state index contributed by atoms with van der Waals surface area (Å²) in [6.45, 7) is 6.11. The number of alkyl carbamates (subject to hydrolysis) is 1. The standard InChI is InChI=1S/C28H36N2O5/c1-4-10-19(16-26(31)30-25(27(32)33)15-18(3)5-2)29-28(34)35-17-24-22-13-8-6-11-20(22)21-12-7-9-14-23(21)24/h6-9,11-14,18-19,24-25H,4-5,10,15-17H2,1-3H3,(H,29,34)(H,30,31)(H,32,33)/t18?,19-,25?/m0/s1. The van der Waals surface area contributed by atoms with Crippen molar-refractivity contribution in [2.24, 2.45) is 5.92 Å². The lowest BCUT2D eigenvalue weighted by Gasteiger charge is -2.22. The molecule has 7 heteroatoms. The lowest BCUT2D eigenvalue weighted by molar-refractivity contribution is -0.142. The Hall–Kier alpha value is -3.35. The summed E-state index contributed by atoms with van der Waals surface area (Å²) in [7, 11) is 0. The van der Waals surface area contributed by atoms with Crippen molar-refractivity contribution in [1.29, 1.82) is 0 Å². The topological polar surface area (TPSA) is 105 Å². The molecule has 2 aromatic carbocycles. The molecule has 1 aliphatic rings. The summed E-state index contributed by atoms with van der Waals surface area (Å²) >= 11 is 0. The third-order valence-corrected chi connectivity index (χ3v) is 6.70. The Morgan fingerprint density at radius 3 is 2.11 bits per heavy atom. The van der Waals surface area contributed by atoms with Gasteiger partial charge in [-0.1, -0.05) is 82.1 Å². The van der Waals surface area contributed by atoms with Crippen molar-refractivity contribution in [2.45, 2.75) is 70.9 Å². The highest BCUT2D eigenvalue weighted by Crippen LogP contribution is 2.44. The molecule has 0 saturated heterocycles. The number of benzene rings is 2. The first-order chi connectivity index (χ1) is 16.8. The fourth-order valence-corrected chi connectivity index (χ4v) is 4.65. The van der Waals surface area contributed by atoms with Gasteiger partial charge in [-0.25, -0.2) is 9.59 Å². The number of rotatable bonds is 12. The molecule has 35 heavy (non-hydrogen) atoms. The highest BCUT2D eigenvalue weighted by Gasteiger charge is 2.29. The average Bonchev–Trinajstić information content (AvgIpc) is 3.16. The summed E-state index contributed by atoms with van der Waals surface area (Å²) in [6.07, 6.45) is 1.98. The first-order valence-electron chi connectivity index (χ1n) is 12.5. The maximum Gasteiger partial charge on any atom is 0.407 e. The number of carbonyl (C=O) groups excluding carboxylic acids is 2. The average molecular weight is 481 g/mol. The molecule has 3 N–H and O–H groups in total. The molecule has 0 heterocycles. The van der Waals surface area contributed by atoms with Crippen LogP contribution in [0.4, 0.5) is 4.79 Å². The van der Waals surface area contributed by atoms with Gasteiger partial charge in [-0.15, -0.1) is 0 Å². The lowest BCUT2D eigenvalue weighted by atomic mass is 9.98. The van der Waals surface area contributed by atoms with Crippen molar-refractivity contribution in [2.75, 3.05) is 6.61 Å². The summed E-state index contributed by atoms with van der Waals surface area (Å²) in [5.41, 5.74) is 4.57. The Balaban J connectivity index is 1.57. The number of carbonyl (C=O) groups is 3. The molecule has 7 nitrogen and oxygen atoms in total. The first kappa shape index (κ1) is 26.3. The zero-order valence-electron chi connectivity index (χ0n) is 20.8. The van der Waals surface area contributed by atoms with Gasteiger partial charge in [-0.05, 0) is 41.0 Å². The van der Waals surface area contributed by atoms with Crippen LogP contribution in [0.1, 0.15) is 69.9 Å². The van der Waals surface area contributed by atoms with Crippen molar-refractivity contribution in [1.82, 2.24) is 10.6 Å². The number of ether oxygens (including phenoxy) is 1. The van der Waals surface area contributed by atoms with Crippen LogP contribution in [0.3, 0.4) is 0 Å². The van der Waals surface area contributed by atoms with Crippen LogP contribution in [0.15, 0.2) is 48.5 Å². The van der Waals surface area contributed by atoms with Gasteiger partial charge in [0, 0.05) is 18.4 Å². The van der Waals surface area contributed by atoms with Gasteiger partial charge in [-0.3, -0.25) is 4.79 Å². The van der Waals surface area contributed by atoms with Gasteiger partial charge < -0.3 is 20.5 Å². The Labute approximate surface area is 207 Å². The minimum atomic E-state index is -1.05. The van der Waals surface area contributed by atoms with Crippen LogP contribution in [-0.2, 0) is 14.3 Å². The van der Waals surface area contributed by atoms with E-state index in [0.717, 1.165) is 35.1 Å². The highest BCUT2D eigenvalue weighted by atomic mass is 16.5. The van der Waals surface area contributed by atoms with Crippen LogP contribution in [0.25, 0.3) is 11.1 Å². The van der Waals surface area contributed by atoms with E-state index in [1.54, 1.807) is 0 Å². The van der Waals surface area contributed by atoms with Crippen LogP contribution in [0.2, 0.25) is 0 Å². The van der Waals surface area contributed by atoms with Gasteiger partial charge >= 0.3 is 12.1 Å². The zero-order valence-corrected chi connectivity index (χ0v) is 20.8. The molecule has 3 rings (SSSR count). The molecule has 0 spiro atoms. The first-order valence-corrected chi connectivity index (χ1v) is 12.5. The van der Waals surface area contributed by atoms with E-state index in [1.807, 2.05) is 45.0 Å². The van der Waals surface area contributed by atoms with Gasteiger partial charge in [-0.2, -0.15) is 0 Å². The number of amides is 2. The summed E-state index contributed by atoms with van der Waals surface area (Å²) in [5, 5.41) is 14.9. The third kappa shape index (κ3) is 6.84. The predicted molar refractivity (Wildman–Crippen MR) is 135 cm³/mol. The van der Waals surface area contributed by atoms with Crippen LogP contribution in [0.5, 0.6) is 0 Å². The third-order valence-electron chi connectivity index (χ3n) is 6.70. The zero-order chi connectivity index (χ0) is 25.4. The van der Waals surface area contributed by atoms with Gasteiger partial charge in [0.15, 0.2) is 0 Å². The molecule has 0 saturated carbocycles. The van der Waals surface area contributed by atoms with Crippen LogP contribution < -0.4 is 10.6 Å². The molecule has 2 unspecified atom stereocenters. The van der Waals surface area contributed by atoms with Gasteiger partial charge in [0.1, 0.15) is 12.6 Å². The van der Waals surface area contributed by atoms with E-state index in [4.69, 9.17) is 4.74 Å². The molecule has 2 amide bonds. The van der Waals surface area contributed by atoms with Crippen molar-refractivity contribution >= 4 is 18.0 Å². The van der Waals surface area contributed by atoms with Crippen molar-refractivity contribution < 1.29 is 24.2 Å². The maximum atomic E-state index is 12.6. The van der Waals surface area contributed by atoms with E-state index in [1.165, 1.54) is 0 Å². The number of carboxylic acid groups (broad SMARTS) is 1. The normalized spacial score (nSPS) is 14.8. The lowest BCUT2D eigenvalue weighted by Crippen LogP contribution is -2.45. The summed E-state index contributed by atoms with van der Waals surface area (Å²) in [4.78, 5) is 36.8. The molecule has 2 aromatic rings. The number of nitrogens with one attached hydrogen (secondary N) is 2. The number of hydrogen-bond acceptors (Lipinski definition) is 4.